The number of carbonyl (C=O) groups excluding carboxylic acids is 1. The molecule has 0 spiro atoms. The van der Waals surface area contributed by atoms with E-state index in [-0.39, 0.29) is 12.1 Å². The van der Waals surface area contributed by atoms with Gasteiger partial charge < -0.3 is 9.47 Å². The number of hydrogen-bond donors (Lipinski definition) is 0. The molecule has 31 heavy (non-hydrogen) atoms. The lowest BCUT2D eigenvalue weighted by Crippen LogP contribution is -2.10. The molecule has 1 unspecified atom stereocenters. The van der Waals surface area contributed by atoms with Crippen molar-refractivity contribution < 1.29 is 14.3 Å². The van der Waals surface area contributed by atoms with Crippen molar-refractivity contribution >= 4 is 5.97 Å². The highest BCUT2D eigenvalue weighted by molar-refractivity contribution is 5.70. The smallest absolute Gasteiger partial charge is 0.308 e. The maximum atomic E-state index is 11.3. The Morgan fingerprint density at radius 2 is 1.71 bits per heavy atom. The molecule has 3 aromatic rings. The number of unbranched alkanes of at least 4 members (excludes halogenated alkanes) is 1. The predicted octanol–water partition coefficient (Wildman–Crippen LogP) is 7.51. The summed E-state index contributed by atoms with van der Waals surface area (Å²) in [5.74, 6) is 1.04. The van der Waals surface area contributed by atoms with Crippen LogP contribution in [0.2, 0.25) is 0 Å². The average Bonchev–Trinajstić information content (AvgIpc) is 2.74. The van der Waals surface area contributed by atoms with Crippen LogP contribution in [0.4, 0.5) is 0 Å². The predicted molar refractivity (Wildman–Crippen MR) is 127 cm³/mol. The molecule has 3 aromatic carbocycles. The van der Waals surface area contributed by atoms with Crippen molar-refractivity contribution in [2.75, 3.05) is 0 Å². The molecule has 0 N–H and O–H groups in total. The number of esters is 1. The zero-order valence-electron chi connectivity index (χ0n) is 19.2. The van der Waals surface area contributed by atoms with Gasteiger partial charge in [-0.15, -0.1) is 0 Å². The highest BCUT2D eigenvalue weighted by atomic mass is 16.5. The van der Waals surface area contributed by atoms with Gasteiger partial charge in [-0.2, -0.15) is 0 Å². The monoisotopic (exact) mass is 416 g/mol. The van der Waals surface area contributed by atoms with Gasteiger partial charge in [0.1, 0.15) is 17.6 Å². The molecule has 1 atom stereocenters. The molecule has 3 heteroatoms. The summed E-state index contributed by atoms with van der Waals surface area (Å²) < 4.78 is 11.7. The molecule has 0 aliphatic rings. The highest BCUT2D eigenvalue weighted by Crippen LogP contribution is 2.35. The Kier molecular flexibility index (Phi) is 7.51. The summed E-state index contributed by atoms with van der Waals surface area (Å²) in [6.07, 6.45) is 3.10. The van der Waals surface area contributed by atoms with Crippen molar-refractivity contribution in [3.8, 4) is 22.6 Å². The van der Waals surface area contributed by atoms with Gasteiger partial charge in [0, 0.05) is 6.92 Å². The van der Waals surface area contributed by atoms with E-state index in [2.05, 4.69) is 63.2 Å². The number of carbonyl (C=O) groups is 1. The lowest BCUT2D eigenvalue weighted by Gasteiger charge is -2.23. The summed E-state index contributed by atoms with van der Waals surface area (Å²) in [6, 6.07) is 20.8. The summed E-state index contributed by atoms with van der Waals surface area (Å²) in [5.41, 5.74) is 7.07. The molecule has 162 valence electrons. The van der Waals surface area contributed by atoms with E-state index >= 15 is 0 Å². The first-order chi connectivity index (χ1) is 14.9. The van der Waals surface area contributed by atoms with Gasteiger partial charge in [0.15, 0.2) is 0 Å². The number of ether oxygens (including phenoxy) is 2. The van der Waals surface area contributed by atoms with Crippen LogP contribution in [0, 0.1) is 20.8 Å². The lowest BCUT2D eigenvalue weighted by atomic mass is 9.92. The third-order valence-corrected chi connectivity index (χ3v) is 5.58. The first-order valence-corrected chi connectivity index (χ1v) is 11.0. The van der Waals surface area contributed by atoms with Crippen molar-refractivity contribution in [1.82, 2.24) is 0 Å². The van der Waals surface area contributed by atoms with Crippen LogP contribution >= 0.6 is 0 Å². The lowest BCUT2D eigenvalue weighted by molar-refractivity contribution is -0.131. The van der Waals surface area contributed by atoms with Crippen molar-refractivity contribution in [2.45, 2.75) is 60.0 Å². The topological polar surface area (TPSA) is 35.5 Å². The van der Waals surface area contributed by atoms with Crippen LogP contribution in [0.25, 0.3) is 11.1 Å². The normalized spacial score (nSPS) is 11.8. The van der Waals surface area contributed by atoms with E-state index in [0.717, 1.165) is 30.6 Å². The quantitative estimate of drug-likeness (QED) is 0.281. The minimum Gasteiger partial charge on any atom is -0.486 e. The molecule has 0 aliphatic carbocycles. The summed E-state index contributed by atoms with van der Waals surface area (Å²) >= 11 is 0. The van der Waals surface area contributed by atoms with E-state index in [1.807, 2.05) is 19.1 Å². The first-order valence-electron chi connectivity index (χ1n) is 11.0. The van der Waals surface area contributed by atoms with Crippen LogP contribution in [-0.4, -0.2) is 5.97 Å². The van der Waals surface area contributed by atoms with Crippen LogP contribution in [0.3, 0.4) is 0 Å². The Morgan fingerprint density at radius 1 is 0.968 bits per heavy atom. The van der Waals surface area contributed by atoms with Gasteiger partial charge in [-0.05, 0) is 79.6 Å². The van der Waals surface area contributed by atoms with E-state index in [0.29, 0.717) is 5.75 Å². The number of rotatable bonds is 8. The van der Waals surface area contributed by atoms with Crippen molar-refractivity contribution in [3.05, 3.63) is 82.9 Å². The van der Waals surface area contributed by atoms with Crippen LogP contribution in [-0.2, 0) is 4.79 Å². The van der Waals surface area contributed by atoms with E-state index in [1.165, 1.54) is 34.7 Å². The Morgan fingerprint density at radius 3 is 2.35 bits per heavy atom. The molecule has 0 aliphatic heterocycles. The van der Waals surface area contributed by atoms with E-state index in [9.17, 15) is 4.79 Å². The van der Waals surface area contributed by atoms with Crippen LogP contribution in [0.5, 0.6) is 11.5 Å². The van der Waals surface area contributed by atoms with E-state index in [4.69, 9.17) is 9.47 Å². The largest absolute Gasteiger partial charge is 0.486 e. The molecule has 3 rings (SSSR count). The summed E-state index contributed by atoms with van der Waals surface area (Å²) in [6.45, 7) is 9.83. The minimum absolute atomic E-state index is 0.0377. The third-order valence-electron chi connectivity index (χ3n) is 5.58. The van der Waals surface area contributed by atoms with Crippen molar-refractivity contribution in [2.24, 2.45) is 0 Å². The minimum atomic E-state index is -0.318. The second kappa shape index (κ2) is 10.3. The van der Waals surface area contributed by atoms with Gasteiger partial charge in [0.2, 0.25) is 0 Å². The summed E-state index contributed by atoms with van der Waals surface area (Å²) in [5, 5.41) is 0. The van der Waals surface area contributed by atoms with Crippen molar-refractivity contribution in [3.63, 3.8) is 0 Å². The SMILES string of the molecule is CCCCC(Oc1ccc(OC(C)=O)c(C)c1)c1cccc(-c2ccc(C)cc2)c1C. The van der Waals surface area contributed by atoms with Crippen LogP contribution < -0.4 is 9.47 Å². The fourth-order valence-electron chi connectivity index (χ4n) is 3.84. The van der Waals surface area contributed by atoms with Crippen LogP contribution in [0.15, 0.2) is 60.7 Å². The third kappa shape index (κ3) is 5.75. The van der Waals surface area contributed by atoms with Crippen molar-refractivity contribution in [1.29, 1.82) is 0 Å². The van der Waals surface area contributed by atoms with Gasteiger partial charge in [0.25, 0.3) is 0 Å². The summed E-state index contributed by atoms with van der Waals surface area (Å²) in [7, 11) is 0. The maximum Gasteiger partial charge on any atom is 0.308 e. The van der Waals surface area contributed by atoms with Gasteiger partial charge in [-0.25, -0.2) is 0 Å². The van der Waals surface area contributed by atoms with E-state index in [1.54, 1.807) is 6.07 Å². The summed E-state index contributed by atoms with van der Waals surface area (Å²) in [4.78, 5) is 11.3. The highest BCUT2D eigenvalue weighted by Gasteiger charge is 2.18. The Balaban J connectivity index is 1.92. The Bertz CT molecular complexity index is 1030. The maximum absolute atomic E-state index is 11.3. The Labute approximate surface area is 186 Å². The molecule has 0 saturated heterocycles. The standard InChI is InChI=1S/C28H32O3/c1-6-7-11-28(31-24-16-17-27(20(3)18-24)30-22(5)29)26-10-8-9-25(21(26)4)23-14-12-19(2)13-15-23/h8-10,12-18,28H,6-7,11H2,1-5H3. The molecule has 0 radical (unpaired) electrons. The molecule has 3 nitrogen and oxygen atoms in total. The van der Waals surface area contributed by atoms with Gasteiger partial charge in [0.05, 0.1) is 0 Å². The molecule has 0 aromatic heterocycles. The fraction of sp³-hybridized carbons (Fsp3) is 0.321. The second-order valence-electron chi connectivity index (χ2n) is 8.16. The molecule has 0 fully saturated rings. The van der Waals surface area contributed by atoms with Crippen LogP contribution in [0.1, 0.15) is 61.5 Å². The first kappa shape index (κ1) is 22.6. The zero-order chi connectivity index (χ0) is 22.4. The molecule has 0 heterocycles. The zero-order valence-corrected chi connectivity index (χ0v) is 19.2. The number of aryl methyl sites for hydroxylation is 2. The Hall–Kier alpha value is -3.07. The molecule has 0 bridgehead atoms. The molecular weight excluding hydrogens is 384 g/mol. The van der Waals surface area contributed by atoms with E-state index < -0.39 is 0 Å². The molecule has 0 amide bonds. The number of benzene rings is 3. The fourth-order valence-corrected chi connectivity index (χ4v) is 3.84. The second-order valence-corrected chi connectivity index (χ2v) is 8.16. The number of hydrogen-bond acceptors (Lipinski definition) is 3. The van der Waals surface area contributed by atoms with Gasteiger partial charge in [-0.1, -0.05) is 61.4 Å². The van der Waals surface area contributed by atoms with Gasteiger partial charge in [-0.3, -0.25) is 4.79 Å². The molecule has 0 saturated carbocycles. The van der Waals surface area contributed by atoms with Gasteiger partial charge >= 0.3 is 5.97 Å². The average molecular weight is 417 g/mol. The molecular formula is C28H32O3.